The SMILES string of the molecule is OOOSc1ccc(N=Nc2ccc(N=Nc3ccc(N=Nc4c(SOOO)cc5cc(N=Nc6ccc(O)cc6)ccc5c4O)cc3)cc2)cc1. The highest BCUT2D eigenvalue weighted by atomic mass is 32.2. The average Bonchev–Trinajstić information content (AvgIpc) is 3.18. The Bertz CT molecular complexity index is 2240. The summed E-state index contributed by atoms with van der Waals surface area (Å²) in [6.45, 7) is 0. The van der Waals surface area contributed by atoms with Crippen molar-refractivity contribution in [2.75, 3.05) is 0 Å². The van der Waals surface area contributed by atoms with Crippen molar-refractivity contribution in [2.45, 2.75) is 9.79 Å². The second kappa shape index (κ2) is 17.8. The summed E-state index contributed by atoms with van der Waals surface area (Å²) >= 11 is 1.47. The van der Waals surface area contributed by atoms with Crippen LogP contribution in [0.2, 0.25) is 0 Å². The lowest BCUT2D eigenvalue weighted by Gasteiger charge is -2.09. The third kappa shape index (κ3) is 9.84. The minimum Gasteiger partial charge on any atom is -0.508 e. The molecule has 0 bridgehead atoms. The Morgan fingerprint density at radius 2 is 0.827 bits per heavy atom. The topological polar surface area (TPSA) is 217 Å². The Balaban J connectivity index is 1.11. The normalized spacial score (nSPS) is 12.0. The number of hydrogen-bond donors (Lipinski definition) is 4. The van der Waals surface area contributed by atoms with Gasteiger partial charge in [0.15, 0.2) is 5.75 Å². The molecule has 0 aliphatic heterocycles. The first-order valence-corrected chi connectivity index (χ1v) is 16.3. The lowest BCUT2D eigenvalue weighted by molar-refractivity contribution is -0.432. The van der Waals surface area contributed by atoms with E-state index in [1.165, 1.54) is 12.1 Å². The molecule has 260 valence electrons. The lowest BCUT2D eigenvalue weighted by Crippen LogP contribution is -1.83. The van der Waals surface area contributed by atoms with Gasteiger partial charge in [0.25, 0.3) is 0 Å². The maximum absolute atomic E-state index is 11.1. The third-order valence-corrected chi connectivity index (χ3v) is 8.06. The molecule has 6 rings (SSSR count). The number of azo groups is 4. The molecule has 16 nitrogen and oxygen atoms in total. The van der Waals surface area contributed by atoms with Crippen LogP contribution >= 0.6 is 24.1 Å². The van der Waals surface area contributed by atoms with E-state index in [1.54, 1.807) is 109 Å². The van der Waals surface area contributed by atoms with Crippen molar-refractivity contribution in [1.29, 1.82) is 0 Å². The summed E-state index contributed by atoms with van der Waals surface area (Å²) in [6.07, 6.45) is 0. The summed E-state index contributed by atoms with van der Waals surface area (Å²) in [6, 6.07) is 33.7. The minimum atomic E-state index is -0.181. The smallest absolute Gasteiger partial charge is 0.152 e. The van der Waals surface area contributed by atoms with E-state index in [2.05, 4.69) is 59.7 Å². The Labute approximate surface area is 302 Å². The van der Waals surface area contributed by atoms with Crippen LogP contribution in [0.15, 0.2) is 172 Å². The van der Waals surface area contributed by atoms with E-state index >= 15 is 0 Å². The fourth-order valence-electron chi connectivity index (χ4n) is 4.38. The maximum Gasteiger partial charge on any atom is 0.152 e. The van der Waals surface area contributed by atoms with Crippen molar-refractivity contribution in [3.63, 3.8) is 0 Å². The number of hydrogen-bond acceptors (Lipinski definition) is 18. The van der Waals surface area contributed by atoms with Crippen LogP contribution in [0.25, 0.3) is 10.8 Å². The molecule has 0 radical (unpaired) electrons. The standard InChI is InChI=1S/C34H24N8O8S2/c43-29-14-9-26(10-15-29)39-41-28-13-18-31-21(19-28)20-32(52-50-48-46)33(34(31)44)42-40-25-7-5-24(6-8-25)36-35-22-1-3-23(4-2-22)37-38-27-11-16-30(17-12-27)51-49-47-45/h1-20,43-46H. The van der Waals surface area contributed by atoms with Gasteiger partial charge in [0, 0.05) is 10.3 Å². The van der Waals surface area contributed by atoms with Gasteiger partial charge in [-0.15, -0.1) is 13.8 Å². The minimum absolute atomic E-state index is 0.0802. The van der Waals surface area contributed by atoms with Crippen LogP contribution in [0.5, 0.6) is 11.5 Å². The molecule has 4 N–H and O–H groups in total. The second-order valence-electron chi connectivity index (χ2n) is 10.3. The van der Waals surface area contributed by atoms with E-state index < -0.39 is 0 Å². The number of phenols is 2. The first-order valence-electron chi connectivity index (χ1n) is 14.8. The van der Waals surface area contributed by atoms with Gasteiger partial charge >= 0.3 is 0 Å². The summed E-state index contributed by atoms with van der Waals surface area (Å²) in [7, 11) is 0. The van der Waals surface area contributed by atoms with Crippen molar-refractivity contribution in [2.24, 2.45) is 40.9 Å². The third-order valence-electron chi connectivity index (χ3n) is 6.84. The van der Waals surface area contributed by atoms with Crippen LogP contribution in [0, 0.1) is 0 Å². The lowest BCUT2D eigenvalue weighted by atomic mass is 10.1. The molecule has 0 unspecified atom stereocenters. The molecule has 0 spiro atoms. The van der Waals surface area contributed by atoms with E-state index in [1.807, 2.05) is 0 Å². The molecule has 0 saturated heterocycles. The van der Waals surface area contributed by atoms with Crippen molar-refractivity contribution < 1.29 is 39.5 Å². The van der Waals surface area contributed by atoms with Gasteiger partial charge in [0.2, 0.25) is 0 Å². The van der Waals surface area contributed by atoms with Crippen molar-refractivity contribution in [1.82, 2.24) is 0 Å². The molecule has 52 heavy (non-hydrogen) atoms. The van der Waals surface area contributed by atoms with Crippen LogP contribution < -0.4 is 0 Å². The van der Waals surface area contributed by atoms with E-state index in [4.69, 9.17) is 10.5 Å². The van der Waals surface area contributed by atoms with Crippen LogP contribution in [-0.4, -0.2) is 20.7 Å². The van der Waals surface area contributed by atoms with Gasteiger partial charge < -0.3 is 10.2 Å². The van der Waals surface area contributed by atoms with Gasteiger partial charge in [-0.1, -0.05) is 10.1 Å². The molecule has 6 aromatic carbocycles. The quantitative estimate of drug-likeness (QED) is 0.0359. The van der Waals surface area contributed by atoms with Gasteiger partial charge in [-0.05, 0) is 127 Å². The first kappa shape index (κ1) is 35.9. The first-order chi connectivity index (χ1) is 25.5. The molecular weight excluding hydrogens is 713 g/mol. The molecular formula is C34H24N8O8S2. The Hall–Kier alpha value is -5.96. The monoisotopic (exact) mass is 736 g/mol. The fourth-order valence-corrected chi connectivity index (χ4v) is 5.23. The van der Waals surface area contributed by atoms with E-state index in [-0.39, 0.29) is 17.2 Å². The zero-order chi connectivity index (χ0) is 36.1. The van der Waals surface area contributed by atoms with Gasteiger partial charge in [0.1, 0.15) is 11.4 Å². The van der Waals surface area contributed by atoms with Crippen molar-refractivity contribution in [3.05, 3.63) is 121 Å². The summed E-state index contributed by atoms with van der Waals surface area (Å²) in [4.78, 5) is 1.00. The van der Waals surface area contributed by atoms with E-state index in [0.717, 1.165) is 12.0 Å². The highest BCUT2D eigenvalue weighted by Crippen LogP contribution is 2.45. The molecule has 0 heterocycles. The van der Waals surface area contributed by atoms with Gasteiger partial charge in [0.05, 0.1) is 68.8 Å². The van der Waals surface area contributed by atoms with Crippen LogP contribution in [0.3, 0.4) is 0 Å². The van der Waals surface area contributed by atoms with Crippen molar-refractivity contribution >= 4 is 80.4 Å². The highest BCUT2D eigenvalue weighted by Gasteiger charge is 2.15. The Morgan fingerprint density at radius 1 is 0.423 bits per heavy atom. The number of phenolic OH excluding ortho intramolecular Hbond substituents is 2. The highest BCUT2D eigenvalue weighted by molar-refractivity contribution is 7.94. The molecule has 6 aromatic rings. The molecule has 0 amide bonds. The Kier molecular flexibility index (Phi) is 12.3. The predicted molar refractivity (Wildman–Crippen MR) is 191 cm³/mol. The molecule has 0 aliphatic rings. The number of rotatable bonds is 14. The van der Waals surface area contributed by atoms with E-state index in [0.29, 0.717) is 72.4 Å². The number of nitrogens with zero attached hydrogens (tertiary/aromatic N) is 8. The number of benzene rings is 6. The zero-order valence-corrected chi connectivity index (χ0v) is 28.0. The van der Waals surface area contributed by atoms with Gasteiger partial charge in [-0.25, -0.2) is 10.5 Å². The molecule has 0 fully saturated rings. The average molecular weight is 737 g/mol. The molecule has 0 aliphatic carbocycles. The molecule has 0 aromatic heterocycles. The molecule has 0 atom stereocenters. The summed E-state index contributed by atoms with van der Waals surface area (Å²) in [5, 5.41) is 79.8. The predicted octanol–water partition coefficient (Wildman–Crippen LogP) is 12.8. The maximum atomic E-state index is 11.1. The van der Waals surface area contributed by atoms with Crippen molar-refractivity contribution in [3.8, 4) is 11.5 Å². The Morgan fingerprint density at radius 3 is 1.33 bits per heavy atom. The summed E-state index contributed by atoms with van der Waals surface area (Å²) in [5.74, 6) is -0.0595. The van der Waals surface area contributed by atoms with Gasteiger partial charge in [-0.3, -0.25) is 0 Å². The number of fused-ring (bicyclic) bond motifs is 1. The zero-order valence-electron chi connectivity index (χ0n) is 26.4. The van der Waals surface area contributed by atoms with Crippen LogP contribution in [0.1, 0.15) is 0 Å². The fraction of sp³-hybridized carbons (Fsp3) is 0. The second-order valence-corrected chi connectivity index (χ2v) is 11.8. The van der Waals surface area contributed by atoms with E-state index in [9.17, 15) is 10.2 Å². The number of aromatic hydroxyl groups is 2. The summed E-state index contributed by atoms with van der Waals surface area (Å²) < 4.78 is 9.03. The molecule has 18 heteroatoms. The summed E-state index contributed by atoms with van der Waals surface area (Å²) in [5.41, 5.74) is 4.02. The largest absolute Gasteiger partial charge is 0.508 e. The van der Waals surface area contributed by atoms with Crippen LogP contribution in [0.4, 0.5) is 45.5 Å². The van der Waals surface area contributed by atoms with Crippen LogP contribution in [-0.2, 0) is 18.7 Å². The van der Waals surface area contributed by atoms with Gasteiger partial charge in [-0.2, -0.15) is 35.8 Å². The molecule has 0 saturated carbocycles.